The summed E-state index contributed by atoms with van der Waals surface area (Å²) < 4.78 is 0. The molecule has 1 saturated heterocycles. The van der Waals surface area contributed by atoms with Gasteiger partial charge in [0, 0.05) is 38.9 Å². The summed E-state index contributed by atoms with van der Waals surface area (Å²) in [5, 5.41) is 12.1. The lowest BCUT2D eigenvalue weighted by atomic mass is 10.2. The molecule has 1 amide bonds. The molecular weight excluding hydrogens is 258 g/mol. The number of likely N-dealkylation sites (N-methyl/N-ethyl adjacent to an activating group) is 1. The molecule has 0 aliphatic carbocycles. The van der Waals surface area contributed by atoms with E-state index in [1.54, 1.807) is 4.90 Å². The molecule has 7 nitrogen and oxygen atoms in total. The molecule has 1 aromatic rings. The van der Waals surface area contributed by atoms with E-state index in [2.05, 4.69) is 15.3 Å². The third kappa shape index (κ3) is 3.57. The summed E-state index contributed by atoms with van der Waals surface area (Å²) in [5.74, 6) is 1.56. The predicted octanol–water partition coefficient (Wildman–Crippen LogP) is -0.0622. The van der Waals surface area contributed by atoms with E-state index in [4.69, 9.17) is 5.11 Å². The van der Waals surface area contributed by atoms with Crippen LogP contribution in [-0.4, -0.2) is 65.2 Å². The Balaban J connectivity index is 2.04. The summed E-state index contributed by atoms with van der Waals surface area (Å²) >= 11 is 0. The summed E-state index contributed by atoms with van der Waals surface area (Å²) in [6.45, 7) is 3.94. The number of aliphatic hydroxyl groups is 1. The maximum Gasteiger partial charge on any atom is 0.241 e. The van der Waals surface area contributed by atoms with Crippen LogP contribution in [0.25, 0.3) is 0 Å². The minimum absolute atomic E-state index is 0.0954. The van der Waals surface area contributed by atoms with Crippen LogP contribution < -0.4 is 10.2 Å². The summed E-state index contributed by atoms with van der Waals surface area (Å²) in [6, 6.07) is 1.98. The molecule has 20 heavy (non-hydrogen) atoms. The third-order valence-corrected chi connectivity index (χ3v) is 3.39. The summed E-state index contributed by atoms with van der Waals surface area (Å²) in [7, 11) is 1.81. The number of hydrogen-bond acceptors (Lipinski definition) is 6. The Kier molecular flexibility index (Phi) is 4.73. The molecule has 110 valence electrons. The smallest absolute Gasteiger partial charge is 0.241 e. The van der Waals surface area contributed by atoms with E-state index in [-0.39, 0.29) is 18.6 Å². The maximum atomic E-state index is 11.7. The van der Waals surface area contributed by atoms with Crippen molar-refractivity contribution in [2.75, 3.05) is 43.5 Å². The van der Waals surface area contributed by atoms with Gasteiger partial charge in [0.1, 0.15) is 18.0 Å². The Hall–Kier alpha value is -1.89. The summed E-state index contributed by atoms with van der Waals surface area (Å²) in [4.78, 5) is 23.8. The lowest BCUT2D eigenvalue weighted by Gasteiger charge is -2.32. The first-order valence-corrected chi connectivity index (χ1v) is 6.78. The number of hydrogen-bond donors (Lipinski definition) is 2. The topological polar surface area (TPSA) is 81.6 Å². The van der Waals surface area contributed by atoms with Crippen molar-refractivity contribution in [2.24, 2.45) is 0 Å². The molecule has 2 rings (SSSR count). The molecule has 2 N–H and O–H groups in total. The van der Waals surface area contributed by atoms with Crippen molar-refractivity contribution in [1.29, 1.82) is 0 Å². The van der Waals surface area contributed by atoms with Gasteiger partial charge >= 0.3 is 0 Å². The van der Waals surface area contributed by atoms with Crippen molar-refractivity contribution in [3.63, 3.8) is 0 Å². The van der Waals surface area contributed by atoms with E-state index < -0.39 is 0 Å². The number of nitrogens with zero attached hydrogens (tertiary/aromatic N) is 4. The average Bonchev–Trinajstić information content (AvgIpc) is 2.42. The van der Waals surface area contributed by atoms with Gasteiger partial charge < -0.3 is 20.2 Å². The zero-order valence-corrected chi connectivity index (χ0v) is 11.9. The van der Waals surface area contributed by atoms with Gasteiger partial charge in [-0.15, -0.1) is 0 Å². The Labute approximate surface area is 118 Å². The molecule has 0 spiro atoms. The van der Waals surface area contributed by atoms with Crippen molar-refractivity contribution in [3.05, 3.63) is 12.4 Å². The van der Waals surface area contributed by atoms with Crippen molar-refractivity contribution in [3.8, 4) is 0 Å². The number of carbonyl (C=O) groups excluding carboxylic acids is 1. The Bertz CT molecular complexity index is 468. The van der Waals surface area contributed by atoms with Gasteiger partial charge in [0.2, 0.25) is 5.91 Å². The number of nitrogens with one attached hydrogen (secondary N) is 1. The molecule has 1 atom stereocenters. The van der Waals surface area contributed by atoms with E-state index in [1.165, 1.54) is 6.33 Å². The first-order chi connectivity index (χ1) is 9.60. The number of carbonyl (C=O) groups is 1. The predicted molar refractivity (Wildman–Crippen MR) is 76.7 cm³/mol. The van der Waals surface area contributed by atoms with Crippen LogP contribution in [0.15, 0.2) is 12.4 Å². The lowest BCUT2D eigenvalue weighted by molar-refractivity contribution is -0.129. The second kappa shape index (κ2) is 6.51. The molecule has 0 aromatic carbocycles. The molecule has 1 aliphatic rings. The zero-order chi connectivity index (χ0) is 14.5. The minimum atomic E-state index is 0.0954. The Morgan fingerprint density at radius 1 is 1.45 bits per heavy atom. The van der Waals surface area contributed by atoms with Crippen molar-refractivity contribution in [1.82, 2.24) is 14.9 Å². The SMILES string of the molecule is CC(CCO)Nc1cc(N2CCN(C)C(=O)C2)ncn1. The second-order valence-electron chi connectivity index (χ2n) is 5.06. The molecule has 0 bridgehead atoms. The minimum Gasteiger partial charge on any atom is -0.396 e. The van der Waals surface area contributed by atoms with Gasteiger partial charge in [0.05, 0.1) is 6.54 Å². The zero-order valence-electron chi connectivity index (χ0n) is 11.9. The highest BCUT2D eigenvalue weighted by atomic mass is 16.3. The fraction of sp³-hybridized carbons (Fsp3) is 0.615. The number of piperazine rings is 1. The summed E-state index contributed by atoms with van der Waals surface area (Å²) in [5.41, 5.74) is 0. The van der Waals surface area contributed by atoms with Crippen molar-refractivity contribution < 1.29 is 9.90 Å². The van der Waals surface area contributed by atoms with Crippen LogP contribution in [-0.2, 0) is 4.79 Å². The number of anilines is 2. The third-order valence-electron chi connectivity index (χ3n) is 3.39. The monoisotopic (exact) mass is 279 g/mol. The van der Waals surface area contributed by atoms with Crippen LogP contribution >= 0.6 is 0 Å². The van der Waals surface area contributed by atoms with E-state index in [1.807, 2.05) is 24.9 Å². The quantitative estimate of drug-likeness (QED) is 0.786. The van der Waals surface area contributed by atoms with Gasteiger partial charge in [0.15, 0.2) is 0 Å². The molecule has 0 saturated carbocycles. The number of rotatable bonds is 5. The van der Waals surface area contributed by atoms with E-state index in [0.717, 1.165) is 12.4 Å². The first kappa shape index (κ1) is 14.5. The van der Waals surface area contributed by atoms with E-state index in [0.29, 0.717) is 25.3 Å². The molecule has 1 aromatic heterocycles. The normalized spacial score (nSPS) is 17.2. The Morgan fingerprint density at radius 2 is 2.25 bits per heavy atom. The van der Waals surface area contributed by atoms with Gasteiger partial charge in [-0.2, -0.15) is 0 Å². The molecular formula is C13H21N5O2. The Morgan fingerprint density at radius 3 is 2.95 bits per heavy atom. The molecule has 2 heterocycles. The molecule has 0 radical (unpaired) electrons. The van der Waals surface area contributed by atoms with E-state index >= 15 is 0 Å². The highest BCUT2D eigenvalue weighted by Crippen LogP contribution is 2.17. The number of aromatic nitrogens is 2. The van der Waals surface area contributed by atoms with Crippen LogP contribution in [0.1, 0.15) is 13.3 Å². The molecule has 1 fully saturated rings. The molecule has 7 heteroatoms. The molecule has 1 unspecified atom stereocenters. The van der Waals surface area contributed by atoms with Gasteiger partial charge in [-0.05, 0) is 13.3 Å². The van der Waals surface area contributed by atoms with Crippen LogP contribution in [0.2, 0.25) is 0 Å². The van der Waals surface area contributed by atoms with Crippen molar-refractivity contribution in [2.45, 2.75) is 19.4 Å². The second-order valence-corrected chi connectivity index (χ2v) is 5.06. The fourth-order valence-corrected chi connectivity index (χ4v) is 2.07. The maximum absolute atomic E-state index is 11.7. The van der Waals surface area contributed by atoms with Crippen LogP contribution in [0.3, 0.4) is 0 Å². The van der Waals surface area contributed by atoms with Crippen LogP contribution in [0.5, 0.6) is 0 Å². The number of aliphatic hydroxyl groups excluding tert-OH is 1. The van der Waals surface area contributed by atoms with Gasteiger partial charge in [-0.25, -0.2) is 9.97 Å². The van der Waals surface area contributed by atoms with Crippen LogP contribution in [0, 0.1) is 0 Å². The van der Waals surface area contributed by atoms with Crippen molar-refractivity contribution >= 4 is 17.5 Å². The lowest BCUT2D eigenvalue weighted by Crippen LogP contribution is -2.48. The first-order valence-electron chi connectivity index (χ1n) is 6.78. The average molecular weight is 279 g/mol. The molecule has 1 aliphatic heterocycles. The number of amides is 1. The largest absolute Gasteiger partial charge is 0.396 e. The van der Waals surface area contributed by atoms with Gasteiger partial charge in [-0.3, -0.25) is 4.79 Å². The van der Waals surface area contributed by atoms with Crippen LogP contribution in [0.4, 0.5) is 11.6 Å². The highest BCUT2D eigenvalue weighted by molar-refractivity contribution is 5.82. The standard InChI is InChI=1S/C13H21N5O2/c1-10(3-6-19)16-11-7-12(15-9-14-11)18-5-4-17(2)13(20)8-18/h7,9-10,19H,3-6,8H2,1-2H3,(H,14,15,16). The van der Waals surface area contributed by atoms with Gasteiger partial charge in [0.25, 0.3) is 0 Å². The highest BCUT2D eigenvalue weighted by Gasteiger charge is 2.22. The van der Waals surface area contributed by atoms with E-state index in [9.17, 15) is 4.79 Å². The fourth-order valence-electron chi connectivity index (χ4n) is 2.07. The van der Waals surface area contributed by atoms with Gasteiger partial charge in [-0.1, -0.05) is 0 Å². The summed E-state index contributed by atoms with van der Waals surface area (Å²) in [6.07, 6.45) is 2.15.